The van der Waals surface area contributed by atoms with Crippen molar-refractivity contribution in [1.29, 1.82) is 0 Å². The zero-order chi connectivity index (χ0) is 21.6. The fraction of sp³-hybridized carbons (Fsp3) is 0.167. The molecule has 1 fully saturated rings. The lowest BCUT2D eigenvalue weighted by molar-refractivity contribution is -0.132. The summed E-state index contributed by atoms with van der Waals surface area (Å²) in [4.78, 5) is 28.6. The third kappa shape index (κ3) is 3.34. The molecule has 1 amide bonds. The molecule has 0 aliphatic carbocycles. The Labute approximate surface area is 184 Å². The summed E-state index contributed by atoms with van der Waals surface area (Å²) in [7, 11) is 0. The monoisotopic (exact) mass is 437 g/mol. The average Bonchev–Trinajstić information content (AvgIpc) is 3.25. The number of hydrogen-bond acceptors (Lipinski definition) is 4. The molecule has 0 saturated carbocycles. The summed E-state index contributed by atoms with van der Waals surface area (Å²) in [5, 5.41) is 13.7. The van der Waals surface area contributed by atoms with Crippen LogP contribution in [0.25, 0.3) is 5.76 Å². The molecule has 1 aromatic heterocycles. The molecule has 2 heterocycles. The Hall–Kier alpha value is -2.89. The maximum atomic E-state index is 13.2. The summed E-state index contributed by atoms with van der Waals surface area (Å²) in [6.45, 7) is 5.73. The first kappa shape index (κ1) is 20.4. The Morgan fingerprint density at radius 2 is 1.70 bits per heavy atom. The van der Waals surface area contributed by atoms with E-state index in [2.05, 4.69) is 0 Å². The predicted octanol–water partition coefficient (Wildman–Crippen LogP) is 5.95. The van der Waals surface area contributed by atoms with E-state index in [1.165, 1.54) is 16.2 Å². The van der Waals surface area contributed by atoms with E-state index in [-0.39, 0.29) is 11.3 Å². The minimum absolute atomic E-state index is 0.106. The van der Waals surface area contributed by atoms with E-state index in [1.54, 1.807) is 24.3 Å². The second-order valence-corrected chi connectivity index (χ2v) is 8.82. The molecule has 2 aromatic carbocycles. The van der Waals surface area contributed by atoms with Crippen molar-refractivity contribution < 1.29 is 14.7 Å². The van der Waals surface area contributed by atoms with E-state index < -0.39 is 17.7 Å². The first-order chi connectivity index (χ1) is 14.3. The Bertz CT molecular complexity index is 1190. The number of halogens is 1. The van der Waals surface area contributed by atoms with E-state index in [0.29, 0.717) is 16.3 Å². The van der Waals surface area contributed by atoms with Gasteiger partial charge in [-0.3, -0.25) is 14.5 Å². The summed E-state index contributed by atoms with van der Waals surface area (Å²) in [6, 6.07) is 13.7. The molecule has 1 aliphatic heterocycles. The number of hydrogen-bond donors (Lipinski definition) is 1. The van der Waals surface area contributed by atoms with Crippen LogP contribution < -0.4 is 4.90 Å². The molecule has 4 nitrogen and oxygen atoms in total. The molecule has 4 rings (SSSR count). The van der Waals surface area contributed by atoms with Crippen molar-refractivity contribution in [3.05, 3.63) is 91.6 Å². The van der Waals surface area contributed by atoms with Gasteiger partial charge >= 0.3 is 0 Å². The van der Waals surface area contributed by atoms with Gasteiger partial charge in [0, 0.05) is 21.2 Å². The number of carbonyl (C=O) groups is 2. The standard InChI is InChI=1S/C24H20ClNO3S/c1-13-4-5-14(2)18(12-13)21(27)19-20(23-15(3)10-11-30-23)26(24(29)22(19)28)17-8-6-16(25)7-9-17/h4-12,20,27H,1-3H3/b21-19+. The highest BCUT2D eigenvalue weighted by atomic mass is 35.5. The quantitative estimate of drug-likeness (QED) is 0.313. The molecular weight excluding hydrogens is 418 g/mol. The predicted molar refractivity (Wildman–Crippen MR) is 121 cm³/mol. The van der Waals surface area contributed by atoms with Gasteiger partial charge in [-0.15, -0.1) is 11.3 Å². The fourth-order valence-corrected chi connectivity index (χ4v) is 4.90. The van der Waals surface area contributed by atoms with Crippen molar-refractivity contribution in [2.45, 2.75) is 26.8 Å². The number of nitrogens with zero attached hydrogens (tertiary/aromatic N) is 1. The van der Waals surface area contributed by atoms with Crippen LogP contribution >= 0.6 is 22.9 Å². The van der Waals surface area contributed by atoms with Gasteiger partial charge in [0.1, 0.15) is 11.8 Å². The van der Waals surface area contributed by atoms with Gasteiger partial charge in [0.15, 0.2) is 0 Å². The van der Waals surface area contributed by atoms with Crippen LogP contribution in [0, 0.1) is 20.8 Å². The van der Waals surface area contributed by atoms with Gasteiger partial charge in [0.25, 0.3) is 11.7 Å². The number of Topliss-reactive ketones (excluding diaryl/α,β-unsaturated/α-hetero) is 1. The number of amides is 1. The summed E-state index contributed by atoms with van der Waals surface area (Å²) in [6.07, 6.45) is 0. The lowest BCUT2D eigenvalue weighted by Gasteiger charge is -2.25. The number of thiophene rings is 1. The van der Waals surface area contributed by atoms with Crippen LogP contribution in [0.5, 0.6) is 0 Å². The number of benzene rings is 2. The molecule has 1 aliphatic rings. The Balaban J connectivity index is 1.98. The number of ketones is 1. The van der Waals surface area contributed by atoms with Crippen molar-refractivity contribution in [3.63, 3.8) is 0 Å². The van der Waals surface area contributed by atoms with Crippen LogP contribution in [-0.4, -0.2) is 16.8 Å². The SMILES string of the molecule is Cc1ccc(C)c(/C(O)=C2\C(=O)C(=O)N(c3ccc(Cl)cc3)C2c2sccc2C)c1. The maximum absolute atomic E-state index is 13.2. The topological polar surface area (TPSA) is 57.6 Å². The van der Waals surface area contributed by atoms with Gasteiger partial charge < -0.3 is 5.11 Å². The summed E-state index contributed by atoms with van der Waals surface area (Å²) < 4.78 is 0. The average molecular weight is 438 g/mol. The molecule has 6 heteroatoms. The summed E-state index contributed by atoms with van der Waals surface area (Å²) in [5.74, 6) is -1.51. The van der Waals surface area contributed by atoms with Gasteiger partial charge in [-0.25, -0.2) is 0 Å². The molecule has 1 N–H and O–H groups in total. The van der Waals surface area contributed by atoms with Crippen molar-refractivity contribution in [2.24, 2.45) is 0 Å². The fourth-order valence-electron chi connectivity index (χ4n) is 3.75. The highest BCUT2D eigenvalue weighted by Gasteiger charge is 2.48. The van der Waals surface area contributed by atoms with Crippen LogP contribution in [0.2, 0.25) is 5.02 Å². The van der Waals surface area contributed by atoms with E-state index in [0.717, 1.165) is 21.6 Å². The summed E-state index contributed by atoms with van der Waals surface area (Å²) >= 11 is 7.48. The lowest BCUT2D eigenvalue weighted by atomic mass is 9.95. The number of aliphatic hydroxyl groups excluding tert-OH is 1. The Morgan fingerprint density at radius 1 is 1.00 bits per heavy atom. The van der Waals surface area contributed by atoms with Gasteiger partial charge in [0.2, 0.25) is 0 Å². The van der Waals surface area contributed by atoms with Crippen LogP contribution in [0.1, 0.15) is 33.2 Å². The first-order valence-electron chi connectivity index (χ1n) is 9.47. The first-order valence-corrected chi connectivity index (χ1v) is 10.7. The van der Waals surface area contributed by atoms with Crippen molar-refractivity contribution >= 4 is 46.1 Å². The van der Waals surface area contributed by atoms with E-state index >= 15 is 0 Å². The highest BCUT2D eigenvalue weighted by molar-refractivity contribution is 7.10. The number of rotatable bonds is 3. The molecule has 1 unspecified atom stereocenters. The lowest BCUT2D eigenvalue weighted by Crippen LogP contribution is -2.29. The number of carbonyl (C=O) groups excluding carboxylic acids is 2. The zero-order valence-electron chi connectivity index (χ0n) is 16.8. The molecule has 3 aromatic rings. The van der Waals surface area contributed by atoms with Crippen LogP contribution in [0.3, 0.4) is 0 Å². The Morgan fingerprint density at radius 3 is 2.33 bits per heavy atom. The largest absolute Gasteiger partial charge is 0.507 e. The third-order valence-electron chi connectivity index (χ3n) is 5.35. The molecule has 0 bridgehead atoms. The molecule has 1 saturated heterocycles. The minimum Gasteiger partial charge on any atom is -0.507 e. The minimum atomic E-state index is -0.703. The van der Waals surface area contributed by atoms with E-state index in [1.807, 2.05) is 50.4 Å². The Kier molecular flexibility index (Phi) is 5.26. The highest BCUT2D eigenvalue weighted by Crippen LogP contribution is 2.45. The molecule has 0 radical (unpaired) electrons. The zero-order valence-corrected chi connectivity index (χ0v) is 18.3. The van der Waals surface area contributed by atoms with Gasteiger partial charge in [-0.05, 0) is 73.7 Å². The number of anilines is 1. The second-order valence-electron chi connectivity index (χ2n) is 7.43. The van der Waals surface area contributed by atoms with Gasteiger partial charge in [-0.2, -0.15) is 0 Å². The van der Waals surface area contributed by atoms with E-state index in [9.17, 15) is 14.7 Å². The smallest absolute Gasteiger partial charge is 0.300 e. The van der Waals surface area contributed by atoms with Crippen LogP contribution in [0.15, 0.2) is 59.5 Å². The molecule has 0 spiro atoms. The summed E-state index contributed by atoms with van der Waals surface area (Å²) in [5.41, 5.74) is 3.96. The van der Waals surface area contributed by atoms with E-state index in [4.69, 9.17) is 11.6 Å². The molecule has 152 valence electrons. The molecule has 30 heavy (non-hydrogen) atoms. The van der Waals surface area contributed by atoms with Gasteiger partial charge in [0.05, 0.1) is 5.57 Å². The van der Waals surface area contributed by atoms with Crippen LogP contribution in [0.4, 0.5) is 5.69 Å². The third-order valence-corrected chi connectivity index (χ3v) is 6.67. The van der Waals surface area contributed by atoms with Gasteiger partial charge in [-0.1, -0.05) is 29.3 Å². The molecule has 1 atom stereocenters. The normalized spacial score (nSPS) is 18.3. The van der Waals surface area contributed by atoms with Crippen molar-refractivity contribution in [3.8, 4) is 0 Å². The number of aliphatic hydroxyl groups is 1. The van der Waals surface area contributed by atoms with Crippen molar-refractivity contribution in [2.75, 3.05) is 4.90 Å². The van der Waals surface area contributed by atoms with Crippen molar-refractivity contribution in [1.82, 2.24) is 0 Å². The number of aryl methyl sites for hydroxylation is 3. The molecular formula is C24H20ClNO3S. The van der Waals surface area contributed by atoms with Crippen LogP contribution in [-0.2, 0) is 9.59 Å². The maximum Gasteiger partial charge on any atom is 0.300 e. The second kappa shape index (κ2) is 7.74.